The molecule has 0 aliphatic heterocycles. The molecule has 2 aliphatic carbocycles. The van der Waals surface area contributed by atoms with Gasteiger partial charge in [0, 0.05) is 31.1 Å². The van der Waals surface area contributed by atoms with Gasteiger partial charge in [0.1, 0.15) is 0 Å². The van der Waals surface area contributed by atoms with Gasteiger partial charge in [-0.2, -0.15) is 0 Å². The molecule has 0 aromatic heterocycles. The molecule has 2 unspecified atom stereocenters. The number of halogens is 1. The summed E-state index contributed by atoms with van der Waals surface area (Å²) < 4.78 is 5.57. The minimum absolute atomic E-state index is 0.507. The van der Waals surface area contributed by atoms with Crippen LogP contribution in [0.4, 0.5) is 0 Å². The Balaban J connectivity index is 1.93. The number of rotatable bonds is 5. The van der Waals surface area contributed by atoms with Crippen molar-refractivity contribution in [1.29, 1.82) is 0 Å². The summed E-state index contributed by atoms with van der Waals surface area (Å²) in [5, 5.41) is 1.11. The van der Waals surface area contributed by atoms with Crippen LogP contribution in [0.25, 0.3) is 0 Å². The Morgan fingerprint density at radius 3 is 2.41 bits per heavy atom. The summed E-state index contributed by atoms with van der Waals surface area (Å²) in [4.78, 5) is 2.78. The summed E-state index contributed by atoms with van der Waals surface area (Å²) in [5.74, 6) is 0. The molecule has 0 heterocycles. The maximum atomic E-state index is 5.57. The highest BCUT2D eigenvalue weighted by Gasteiger charge is 2.31. The highest BCUT2D eigenvalue weighted by molar-refractivity contribution is 9.09. The fourth-order valence-corrected chi connectivity index (χ4v) is 4.04. The topological polar surface area (TPSA) is 12.5 Å². The van der Waals surface area contributed by atoms with E-state index in [0.29, 0.717) is 6.10 Å². The molecule has 2 saturated carbocycles. The van der Waals surface area contributed by atoms with Crippen LogP contribution < -0.4 is 0 Å². The molecule has 0 amide bonds. The second-order valence-electron chi connectivity index (χ2n) is 5.54. The van der Waals surface area contributed by atoms with E-state index in [1.807, 2.05) is 7.11 Å². The van der Waals surface area contributed by atoms with E-state index < -0.39 is 0 Å². The highest BCUT2D eigenvalue weighted by atomic mass is 79.9. The van der Waals surface area contributed by atoms with Crippen molar-refractivity contribution in [2.45, 2.75) is 69.6 Å². The van der Waals surface area contributed by atoms with E-state index in [9.17, 15) is 0 Å². The molecule has 2 rings (SSSR count). The molecular weight excluding hydrogens is 278 g/mol. The average Bonchev–Trinajstić information content (AvgIpc) is 2.89. The van der Waals surface area contributed by atoms with Crippen molar-refractivity contribution >= 4 is 15.9 Å². The summed E-state index contributed by atoms with van der Waals surface area (Å²) in [6.07, 6.45) is 11.4. The van der Waals surface area contributed by atoms with Gasteiger partial charge in [-0.3, -0.25) is 4.90 Å². The number of nitrogens with zero attached hydrogens (tertiary/aromatic N) is 1. The summed E-state index contributed by atoms with van der Waals surface area (Å²) in [7, 11) is 1.87. The first-order chi connectivity index (χ1) is 8.35. The fraction of sp³-hybridized carbons (Fsp3) is 1.00. The van der Waals surface area contributed by atoms with Crippen molar-refractivity contribution in [1.82, 2.24) is 4.90 Å². The van der Waals surface area contributed by atoms with Gasteiger partial charge in [0.05, 0.1) is 6.10 Å². The summed E-state index contributed by atoms with van der Waals surface area (Å²) in [6.45, 7) is 1.21. The molecule has 2 fully saturated rings. The molecule has 0 saturated heterocycles. The maximum Gasteiger partial charge on any atom is 0.0586 e. The molecule has 0 N–H and O–H groups in total. The smallest absolute Gasteiger partial charge is 0.0586 e. The molecule has 0 aromatic carbocycles. The van der Waals surface area contributed by atoms with Crippen molar-refractivity contribution in [3.63, 3.8) is 0 Å². The largest absolute Gasteiger partial charge is 0.381 e. The number of ether oxygens (including phenoxy) is 1. The molecule has 0 radical (unpaired) electrons. The summed E-state index contributed by atoms with van der Waals surface area (Å²) >= 11 is 3.62. The zero-order valence-corrected chi connectivity index (χ0v) is 12.6. The number of alkyl halides is 1. The molecule has 0 spiro atoms. The second kappa shape index (κ2) is 7.10. The molecule has 100 valence electrons. The van der Waals surface area contributed by atoms with E-state index in [0.717, 1.165) is 17.4 Å². The van der Waals surface area contributed by atoms with Crippen molar-refractivity contribution in [2.75, 3.05) is 19.0 Å². The Morgan fingerprint density at radius 1 is 1.06 bits per heavy atom. The van der Waals surface area contributed by atoms with Crippen LogP contribution >= 0.6 is 15.9 Å². The van der Waals surface area contributed by atoms with Crippen LogP contribution in [0.5, 0.6) is 0 Å². The lowest BCUT2D eigenvalue weighted by atomic mass is 9.90. The first kappa shape index (κ1) is 13.8. The van der Waals surface area contributed by atoms with E-state index in [1.165, 1.54) is 57.9 Å². The molecule has 2 nitrogen and oxygen atoms in total. The third-order valence-electron chi connectivity index (χ3n) is 4.54. The molecule has 2 atom stereocenters. The Kier molecular flexibility index (Phi) is 5.78. The quantitative estimate of drug-likeness (QED) is 0.720. The predicted octanol–water partition coefficient (Wildman–Crippen LogP) is 3.58. The average molecular weight is 304 g/mol. The van der Waals surface area contributed by atoms with Crippen molar-refractivity contribution < 1.29 is 4.74 Å². The monoisotopic (exact) mass is 303 g/mol. The zero-order chi connectivity index (χ0) is 12.1. The van der Waals surface area contributed by atoms with Crippen LogP contribution in [0.2, 0.25) is 0 Å². The highest BCUT2D eigenvalue weighted by Crippen LogP contribution is 2.31. The molecule has 0 bridgehead atoms. The lowest BCUT2D eigenvalue weighted by Gasteiger charge is -2.40. The minimum Gasteiger partial charge on any atom is -0.381 e. The Bertz CT molecular complexity index is 218. The van der Waals surface area contributed by atoms with Gasteiger partial charge in [-0.05, 0) is 38.5 Å². The van der Waals surface area contributed by atoms with Crippen LogP contribution in [-0.4, -0.2) is 42.1 Å². The standard InChI is InChI=1S/C14H26BrNO/c1-17-14-8-4-7-13(11-14)16(10-9-15)12-5-2-3-6-12/h12-14H,2-11H2,1H3. The molecule has 2 aliphatic rings. The lowest BCUT2D eigenvalue weighted by molar-refractivity contribution is 0.0172. The first-order valence-electron chi connectivity index (χ1n) is 7.19. The number of methoxy groups -OCH3 is 1. The summed E-state index contributed by atoms with van der Waals surface area (Å²) in [6, 6.07) is 1.63. The number of hydrogen-bond acceptors (Lipinski definition) is 2. The predicted molar refractivity (Wildman–Crippen MR) is 75.8 cm³/mol. The number of hydrogen-bond donors (Lipinski definition) is 0. The Hall–Kier alpha value is 0.400. The molecule has 0 aromatic rings. The Morgan fingerprint density at radius 2 is 1.76 bits per heavy atom. The van der Waals surface area contributed by atoms with E-state index in [-0.39, 0.29) is 0 Å². The second-order valence-corrected chi connectivity index (χ2v) is 6.34. The first-order valence-corrected chi connectivity index (χ1v) is 8.31. The van der Waals surface area contributed by atoms with Gasteiger partial charge in [-0.15, -0.1) is 0 Å². The molecule has 3 heteroatoms. The SMILES string of the molecule is COC1CCCC(N(CCBr)C2CCCC2)C1. The zero-order valence-electron chi connectivity index (χ0n) is 11.0. The van der Waals surface area contributed by atoms with Gasteiger partial charge < -0.3 is 4.74 Å². The van der Waals surface area contributed by atoms with Gasteiger partial charge in [0.15, 0.2) is 0 Å². The van der Waals surface area contributed by atoms with Gasteiger partial charge in [0.25, 0.3) is 0 Å². The fourth-order valence-electron chi connectivity index (χ4n) is 3.63. The normalized spacial score (nSPS) is 31.2. The Labute approximate surface area is 114 Å². The van der Waals surface area contributed by atoms with Gasteiger partial charge in [-0.1, -0.05) is 28.8 Å². The van der Waals surface area contributed by atoms with Gasteiger partial charge in [-0.25, -0.2) is 0 Å². The molecule has 17 heavy (non-hydrogen) atoms. The van der Waals surface area contributed by atoms with Crippen LogP contribution in [0.15, 0.2) is 0 Å². The van der Waals surface area contributed by atoms with Crippen molar-refractivity contribution in [2.24, 2.45) is 0 Å². The molecular formula is C14H26BrNO. The van der Waals surface area contributed by atoms with E-state index in [1.54, 1.807) is 0 Å². The van der Waals surface area contributed by atoms with Crippen LogP contribution in [0, 0.1) is 0 Å². The third-order valence-corrected chi connectivity index (χ3v) is 4.89. The minimum atomic E-state index is 0.507. The lowest BCUT2D eigenvalue weighted by Crippen LogP contribution is -2.46. The van der Waals surface area contributed by atoms with E-state index in [2.05, 4.69) is 20.8 Å². The van der Waals surface area contributed by atoms with E-state index in [4.69, 9.17) is 4.74 Å². The summed E-state index contributed by atoms with van der Waals surface area (Å²) in [5.41, 5.74) is 0. The third kappa shape index (κ3) is 3.68. The maximum absolute atomic E-state index is 5.57. The van der Waals surface area contributed by atoms with Crippen molar-refractivity contribution in [3.8, 4) is 0 Å². The van der Waals surface area contributed by atoms with Crippen molar-refractivity contribution in [3.05, 3.63) is 0 Å². The van der Waals surface area contributed by atoms with Gasteiger partial charge in [0.2, 0.25) is 0 Å². The van der Waals surface area contributed by atoms with Gasteiger partial charge >= 0.3 is 0 Å². The van der Waals surface area contributed by atoms with Crippen LogP contribution in [-0.2, 0) is 4.74 Å². The van der Waals surface area contributed by atoms with Crippen LogP contribution in [0.3, 0.4) is 0 Å². The van der Waals surface area contributed by atoms with Crippen LogP contribution in [0.1, 0.15) is 51.4 Å². The van der Waals surface area contributed by atoms with E-state index >= 15 is 0 Å².